The average molecular weight is 245 g/mol. The highest BCUT2D eigenvalue weighted by molar-refractivity contribution is 8.00. The lowest BCUT2D eigenvalue weighted by molar-refractivity contribution is -0.148. The van der Waals surface area contributed by atoms with Crippen molar-refractivity contribution in [1.82, 2.24) is 4.90 Å². The summed E-state index contributed by atoms with van der Waals surface area (Å²) in [6.45, 7) is 6.52. The summed E-state index contributed by atoms with van der Waals surface area (Å²) >= 11 is 1.56. The van der Waals surface area contributed by atoms with Crippen molar-refractivity contribution >= 4 is 23.6 Å². The molecule has 1 saturated heterocycles. The average Bonchev–Trinajstić information content (AvgIpc) is 2.56. The number of hydrogen-bond donors (Lipinski definition) is 1. The summed E-state index contributed by atoms with van der Waals surface area (Å²) in [6.07, 6.45) is 0.787. The van der Waals surface area contributed by atoms with Crippen LogP contribution in [0.4, 0.5) is 0 Å². The van der Waals surface area contributed by atoms with Crippen LogP contribution >= 0.6 is 11.8 Å². The van der Waals surface area contributed by atoms with Crippen molar-refractivity contribution in [3.63, 3.8) is 0 Å². The Balaban J connectivity index is 2.58. The van der Waals surface area contributed by atoms with Crippen molar-refractivity contribution in [2.75, 3.05) is 12.3 Å². The van der Waals surface area contributed by atoms with E-state index in [4.69, 9.17) is 5.11 Å². The van der Waals surface area contributed by atoms with Crippen LogP contribution in [-0.2, 0) is 9.59 Å². The van der Waals surface area contributed by atoms with Crippen LogP contribution in [-0.4, -0.2) is 45.5 Å². The van der Waals surface area contributed by atoms with Crippen molar-refractivity contribution in [3.8, 4) is 0 Å². The van der Waals surface area contributed by atoms with Crippen molar-refractivity contribution in [2.24, 2.45) is 5.92 Å². The molecule has 1 aliphatic heterocycles. The maximum absolute atomic E-state index is 11.9. The van der Waals surface area contributed by atoms with Crippen LogP contribution in [0, 0.1) is 5.92 Å². The molecule has 0 bridgehead atoms. The Bertz CT molecular complexity index is 280. The van der Waals surface area contributed by atoms with Crippen molar-refractivity contribution in [2.45, 2.75) is 38.5 Å². The molecular formula is C11H19NO3S. The topological polar surface area (TPSA) is 57.6 Å². The molecule has 0 aliphatic carbocycles. The fourth-order valence-corrected chi connectivity index (χ4v) is 2.57. The number of carbonyl (C=O) groups is 2. The van der Waals surface area contributed by atoms with Gasteiger partial charge in [-0.15, -0.1) is 11.8 Å². The number of aliphatic carboxylic acids is 1. The van der Waals surface area contributed by atoms with E-state index < -0.39 is 12.0 Å². The predicted molar refractivity (Wildman–Crippen MR) is 64.5 cm³/mol. The van der Waals surface area contributed by atoms with Crippen LogP contribution in [0.3, 0.4) is 0 Å². The third kappa shape index (κ3) is 3.14. The van der Waals surface area contributed by atoms with Crippen LogP contribution in [0.1, 0.15) is 27.2 Å². The van der Waals surface area contributed by atoms with E-state index in [-0.39, 0.29) is 11.8 Å². The van der Waals surface area contributed by atoms with E-state index in [0.717, 1.165) is 6.42 Å². The lowest BCUT2D eigenvalue weighted by atomic mass is 10.0. The summed E-state index contributed by atoms with van der Waals surface area (Å²) in [6, 6.07) is -0.625. The van der Waals surface area contributed by atoms with Crippen LogP contribution in [0.2, 0.25) is 0 Å². The highest BCUT2D eigenvalue weighted by Gasteiger charge is 2.39. The number of rotatable bonds is 4. The monoisotopic (exact) mass is 245 g/mol. The first kappa shape index (κ1) is 13.4. The third-order valence-corrected chi connectivity index (χ3v) is 3.89. The highest BCUT2D eigenvalue weighted by Crippen LogP contribution is 2.25. The smallest absolute Gasteiger partial charge is 0.326 e. The van der Waals surface area contributed by atoms with E-state index in [1.165, 1.54) is 4.90 Å². The molecule has 1 amide bonds. The molecule has 5 heteroatoms. The van der Waals surface area contributed by atoms with E-state index in [2.05, 4.69) is 0 Å². The molecule has 4 nitrogen and oxygen atoms in total. The fourth-order valence-electron chi connectivity index (χ4n) is 1.92. The number of thioether (sulfide) groups is 1. The van der Waals surface area contributed by atoms with Gasteiger partial charge in [0.1, 0.15) is 6.04 Å². The Morgan fingerprint density at radius 2 is 2.12 bits per heavy atom. The number of amides is 1. The fraction of sp³-hybridized carbons (Fsp3) is 0.818. The molecule has 0 radical (unpaired) electrons. The second kappa shape index (κ2) is 5.57. The Hall–Kier alpha value is -0.710. The van der Waals surface area contributed by atoms with Crippen molar-refractivity contribution < 1.29 is 14.7 Å². The third-order valence-electron chi connectivity index (χ3n) is 2.81. The van der Waals surface area contributed by atoms with E-state index in [9.17, 15) is 9.59 Å². The molecule has 2 unspecified atom stereocenters. The van der Waals surface area contributed by atoms with Gasteiger partial charge in [0, 0.05) is 6.54 Å². The molecule has 1 rings (SSSR count). The number of carbonyl (C=O) groups excluding carboxylic acids is 1. The van der Waals surface area contributed by atoms with E-state index in [1.807, 2.05) is 20.8 Å². The molecule has 1 N–H and O–H groups in total. The zero-order valence-corrected chi connectivity index (χ0v) is 10.8. The second-order valence-corrected chi connectivity index (χ2v) is 6.06. The number of hydrogen-bond acceptors (Lipinski definition) is 3. The van der Waals surface area contributed by atoms with Crippen LogP contribution in [0.5, 0.6) is 0 Å². The first-order valence-electron chi connectivity index (χ1n) is 5.57. The number of carboxylic acid groups (broad SMARTS) is 1. The summed E-state index contributed by atoms with van der Waals surface area (Å²) in [4.78, 5) is 24.4. The summed E-state index contributed by atoms with van der Waals surface area (Å²) < 4.78 is 0. The van der Waals surface area contributed by atoms with E-state index >= 15 is 0 Å². The van der Waals surface area contributed by atoms with Crippen molar-refractivity contribution in [3.05, 3.63) is 0 Å². The lowest BCUT2D eigenvalue weighted by Gasteiger charge is -2.23. The first-order valence-corrected chi connectivity index (χ1v) is 6.62. The molecule has 0 saturated carbocycles. The van der Waals surface area contributed by atoms with Gasteiger partial charge in [0.2, 0.25) is 5.91 Å². The van der Waals surface area contributed by atoms with E-state index in [0.29, 0.717) is 17.5 Å². The van der Waals surface area contributed by atoms with Gasteiger partial charge in [0.15, 0.2) is 0 Å². The predicted octanol–water partition coefficient (Wildman–Crippen LogP) is 1.45. The maximum Gasteiger partial charge on any atom is 0.326 e. The van der Waals surface area contributed by atoms with E-state index in [1.54, 1.807) is 11.8 Å². The highest BCUT2D eigenvalue weighted by atomic mass is 32.2. The minimum atomic E-state index is -0.882. The van der Waals surface area contributed by atoms with Gasteiger partial charge in [-0.05, 0) is 17.6 Å². The molecule has 0 spiro atoms. The zero-order chi connectivity index (χ0) is 12.3. The lowest BCUT2D eigenvalue weighted by Crippen LogP contribution is -2.43. The number of likely N-dealkylation sites (tertiary alicyclic amines) is 1. The summed E-state index contributed by atoms with van der Waals surface area (Å²) in [7, 11) is 0. The van der Waals surface area contributed by atoms with Gasteiger partial charge in [-0.25, -0.2) is 4.79 Å². The summed E-state index contributed by atoms with van der Waals surface area (Å²) in [5.74, 6) is -0.484. The number of carboxylic acids is 1. The van der Waals surface area contributed by atoms with Gasteiger partial charge < -0.3 is 10.0 Å². The maximum atomic E-state index is 11.9. The van der Waals surface area contributed by atoms with Gasteiger partial charge >= 0.3 is 5.97 Å². The molecule has 0 aromatic rings. The standard InChI is InChI=1S/C11H19NO3S/c1-7(2)16-6-9(13)12-5-4-8(3)10(12)11(14)15/h7-8,10H,4-6H2,1-3H3,(H,14,15). The Morgan fingerprint density at radius 3 is 2.62 bits per heavy atom. The second-order valence-electron chi connectivity index (χ2n) is 4.50. The Morgan fingerprint density at radius 1 is 1.50 bits per heavy atom. The largest absolute Gasteiger partial charge is 0.480 e. The minimum absolute atomic E-state index is 0.0459. The molecule has 1 fully saturated rings. The van der Waals surface area contributed by atoms with Crippen LogP contribution in [0.25, 0.3) is 0 Å². The Labute approximate surface area is 100 Å². The van der Waals surface area contributed by atoms with Gasteiger partial charge in [0.25, 0.3) is 0 Å². The summed E-state index contributed by atoms with van der Waals surface area (Å²) in [5.41, 5.74) is 0. The molecule has 0 aromatic heterocycles. The molecule has 1 aliphatic rings. The minimum Gasteiger partial charge on any atom is -0.480 e. The van der Waals surface area contributed by atoms with Gasteiger partial charge in [0.05, 0.1) is 5.75 Å². The molecule has 2 atom stereocenters. The van der Waals surface area contributed by atoms with Crippen molar-refractivity contribution in [1.29, 1.82) is 0 Å². The SMILES string of the molecule is CC(C)SCC(=O)N1CCC(C)C1C(=O)O. The summed E-state index contributed by atoms with van der Waals surface area (Å²) in [5, 5.41) is 9.48. The Kier molecular flexibility index (Phi) is 4.65. The zero-order valence-electron chi connectivity index (χ0n) is 9.97. The molecular weight excluding hydrogens is 226 g/mol. The van der Waals surface area contributed by atoms with Gasteiger partial charge in [-0.2, -0.15) is 0 Å². The molecule has 16 heavy (non-hydrogen) atoms. The van der Waals surface area contributed by atoms with Crippen LogP contribution < -0.4 is 0 Å². The molecule has 0 aromatic carbocycles. The number of nitrogens with zero attached hydrogens (tertiary/aromatic N) is 1. The van der Waals surface area contributed by atoms with Gasteiger partial charge in [-0.1, -0.05) is 20.8 Å². The quantitative estimate of drug-likeness (QED) is 0.814. The normalized spacial score (nSPS) is 25.1. The first-order chi connectivity index (χ1) is 7.43. The molecule has 92 valence electrons. The molecule has 1 heterocycles. The van der Waals surface area contributed by atoms with Crippen LogP contribution in [0.15, 0.2) is 0 Å². The van der Waals surface area contributed by atoms with Gasteiger partial charge in [-0.3, -0.25) is 4.79 Å².